The molecule has 0 spiro atoms. The lowest BCUT2D eigenvalue weighted by molar-refractivity contribution is 0.670. The number of fused-ring (bicyclic) bond motifs is 6. The third kappa shape index (κ3) is 6.56. The van der Waals surface area contributed by atoms with Crippen molar-refractivity contribution in [3.63, 3.8) is 0 Å². The van der Waals surface area contributed by atoms with Crippen molar-refractivity contribution in [1.82, 2.24) is 0 Å². The van der Waals surface area contributed by atoms with E-state index in [4.69, 9.17) is 34.1 Å². The highest BCUT2D eigenvalue weighted by molar-refractivity contribution is 7.80. The first-order valence-corrected chi connectivity index (χ1v) is 25.2. The highest BCUT2D eigenvalue weighted by Crippen LogP contribution is 2.51. The second-order valence-corrected chi connectivity index (χ2v) is 19.8. The summed E-state index contributed by atoms with van der Waals surface area (Å²) in [6.07, 6.45) is 0. The summed E-state index contributed by atoms with van der Waals surface area (Å²) in [5.41, 5.74) is 16.3. The maximum Gasteiger partial charge on any atom is 0.159 e. The van der Waals surface area contributed by atoms with Gasteiger partial charge in [0.15, 0.2) is 11.2 Å². The summed E-state index contributed by atoms with van der Waals surface area (Å²) in [5.74, 6) is 0. The van der Waals surface area contributed by atoms with E-state index < -0.39 is 0 Å². The van der Waals surface area contributed by atoms with Crippen molar-refractivity contribution in [1.29, 1.82) is 0 Å². The van der Waals surface area contributed by atoms with Gasteiger partial charge >= 0.3 is 0 Å². The van der Waals surface area contributed by atoms with Crippen LogP contribution in [0.5, 0.6) is 0 Å². The molecule has 2 heterocycles. The van der Waals surface area contributed by atoms with Crippen molar-refractivity contribution in [3.05, 3.63) is 230 Å². The van der Waals surface area contributed by atoms with Gasteiger partial charge in [-0.15, -0.1) is 25.3 Å². The molecule has 14 aromatic rings. The van der Waals surface area contributed by atoms with Crippen molar-refractivity contribution in [2.45, 2.75) is 23.6 Å². The molecule has 342 valence electrons. The van der Waals surface area contributed by atoms with Gasteiger partial charge in [-0.1, -0.05) is 146 Å². The Bertz CT molecular complexity index is 4170. The first-order chi connectivity index (χ1) is 35.4. The zero-order valence-electron chi connectivity index (χ0n) is 39.4. The molecule has 12 aromatic carbocycles. The van der Waals surface area contributed by atoms with Gasteiger partial charge in [0.05, 0.1) is 22.7 Å². The van der Waals surface area contributed by atoms with Gasteiger partial charge in [-0.2, -0.15) is 0 Å². The number of furan rings is 2. The minimum absolute atomic E-state index is 0.824. The first kappa shape index (κ1) is 42.5. The van der Waals surface area contributed by atoms with Crippen molar-refractivity contribution in [3.8, 4) is 22.3 Å². The van der Waals surface area contributed by atoms with Crippen LogP contribution in [-0.2, 0) is 0 Å². The molecule has 0 saturated heterocycles. The van der Waals surface area contributed by atoms with Crippen molar-refractivity contribution >= 4 is 136 Å². The Balaban J connectivity index is 1.00. The van der Waals surface area contributed by atoms with Crippen LogP contribution in [0.4, 0.5) is 34.1 Å². The highest BCUT2D eigenvalue weighted by Gasteiger charge is 2.27. The van der Waals surface area contributed by atoms with E-state index in [0.717, 1.165) is 132 Å². The summed E-state index contributed by atoms with van der Waals surface area (Å²) in [6.45, 7) is 4.32. The third-order valence-corrected chi connectivity index (χ3v) is 15.3. The van der Waals surface area contributed by atoms with E-state index >= 15 is 0 Å². The Morgan fingerprint density at radius 2 is 0.653 bits per heavy atom. The van der Waals surface area contributed by atoms with Gasteiger partial charge in [0.1, 0.15) is 11.2 Å². The van der Waals surface area contributed by atoms with E-state index in [1.807, 2.05) is 0 Å². The minimum atomic E-state index is 0.824. The second kappa shape index (κ2) is 16.6. The number of benzene rings is 12. The maximum absolute atomic E-state index is 7.14. The van der Waals surface area contributed by atoms with Crippen LogP contribution in [0.25, 0.3) is 98.4 Å². The van der Waals surface area contributed by atoms with Crippen LogP contribution < -0.4 is 9.80 Å². The third-order valence-electron chi connectivity index (χ3n) is 14.7. The van der Waals surface area contributed by atoms with Gasteiger partial charge in [-0.05, 0) is 130 Å². The van der Waals surface area contributed by atoms with Gasteiger partial charge < -0.3 is 18.6 Å². The first-order valence-electron chi connectivity index (χ1n) is 24.3. The molecule has 0 radical (unpaired) electrons. The lowest BCUT2D eigenvalue weighted by Gasteiger charge is -2.29. The predicted molar refractivity (Wildman–Crippen MR) is 309 cm³/mol. The van der Waals surface area contributed by atoms with Gasteiger partial charge in [-0.25, -0.2) is 0 Å². The molecule has 0 fully saturated rings. The number of nitrogens with zero attached hydrogens (tertiary/aromatic N) is 2. The fourth-order valence-electron chi connectivity index (χ4n) is 11.3. The van der Waals surface area contributed by atoms with Crippen LogP contribution in [-0.4, -0.2) is 0 Å². The zero-order valence-corrected chi connectivity index (χ0v) is 41.2. The van der Waals surface area contributed by atoms with Gasteiger partial charge in [0, 0.05) is 64.6 Å². The predicted octanol–water partition coefficient (Wildman–Crippen LogP) is 19.9. The molecule has 0 aliphatic rings. The van der Waals surface area contributed by atoms with E-state index in [-0.39, 0.29) is 0 Å². The fraction of sp³-hybridized carbons (Fsp3) is 0.0303. The summed E-state index contributed by atoms with van der Waals surface area (Å²) in [7, 11) is 0. The molecule has 2 aromatic heterocycles. The average Bonchev–Trinajstić information content (AvgIpc) is 4.00. The molecule has 0 aliphatic heterocycles. The van der Waals surface area contributed by atoms with E-state index in [9.17, 15) is 0 Å². The number of hydrogen-bond acceptors (Lipinski definition) is 6. The molecule has 14 rings (SSSR count). The molecule has 6 heteroatoms. The molecule has 4 nitrogen and oxygen atoms in total. The summed E-state index contributed by atoms with van der Waals surface area (Å²) in [6, 6.07) is 78.0. The SMILES string of the molecule is Cc1ccccc1-c1cccc2c1oc1c(N(c3ccc(S)cc3)c3ccc4ccc5c(N(c6ccc(S)cc6)c6cccc7c6oc6c(-c8ccccc8C)cccc67)ccc6ccc3c4c65)cccc12. The maximum atomic E-state index is 7.14. The van der Waals surface area contributed by atoms with Crippen molar-refractivity contribution < 1.29 is 8.83 Å². The molecular formula is C66H44N2O2S2. The molecule has 0 unspecified atom stereocenters. The van der Waals surface area contributed by atoms with Gasteiger partial charge in [-0.3, -0.25) is 0 Å². The van der Waals surface area contributed by atoms with Crippen molar-refractivity contribution in [2.24, 2.45) is 0 Å². The minimum Gasteiger partial charge on any atom is -0.453 e. The van der Waals surface area contributed by atoms with Crippen LogP contribution >= 0.6 is 25.3 Å². The Morgan fingerprint density at radius 1 is 0.292 bits per heavy atom. The fourth-order valence-corrected chi connectivity index (χ4v) is 11.6. The lowest BCUT2D eigenvalue weighted by Crippen LogP contribution is -2.12. The van der Waals surface area contributed by atoms with Crippen LogP contribution in [0.3, 0.4) is 0 Å². The van der Waals surface area contributed by atoms with E-state index in [0.29, 0.717) is 0 Å². The standard InChI is InChI=1S/C66H44N2O2S2/c1-39-11-3-5-13-47(39)49-15-7-17-51-53-19-9-21-59(65(53)69-63(49)51)67(43-27-31-45(71)32-28-43)57-37-25-41-24-36-56-58(38-26-42-23-35-55(57)61(41)62(42)56)68(44-29-33-46(72)34-30-44)60-22-10-20-54-52-18-8-16-50(64(52)70-66(54)60)48-14-6-4-12-40(48)2/h3-38,71-72H,1-2H3. The Morgan fingerprint density at radius 3 is 1.07 bits per heavy atom. The average molecular weight is 961 g/mol. The highest BCUT2D eigenvalue weighted by atomic mass is 32.1. The lowest BCUT2D eigenvalue weighted by atomic mass is 9.91. The van der Waals surface area contributed by atoms with E-state index in [2.05, 4.69) is 242 Å². The summed E-state index contributed by atoms with van der Waals surface area (Å²) >= 11 is 9.47. The van der Waals surface area contributed by atoms with E-state index in [1.165, 1.54) is 21.9 Å². The van der Waals surface area contributed by atoms with Crippen LogP contribution in [0, 0.1) is 13.8 Å². The van der Waals surface area contributed by atoms with Gasteiger partial charge in [0.25, 0.3) is 0 Å². The van der Waals surface area contributed by atoms with Gasteiger partial charge in [0.2, 0.25) is 0 Å². The van der Waals surface area contributed by atoms with E-state index in [1.54, 1.807) is 0 Å². The Labute approximate surface area is 427 Å². The Hall–Kier alpha value is -8.42. The van der Waals surface area contributed by atoms with Crippen LogP contribution in [0.1, 0.15) is 11.1 Å². The van der Waals surface area contributed by atoms with Crippen molar-refractivity contribution in [2.75, 3.05) is 9.80 Å². The smallest absolute Gasteiger partial charge is 0.159 e. The monoisotopic (exact) mass is 960 g/mol. The molecule has 0 bridgehead atoms. The molecule has 0 aliphatic carbocycles. The summed E-state index contributed by atoms with van der Waals surface area (Å²) in [4.78, 5) is 6.50. The molecular weight excluding hydrogens is 917 g/mol. The largest absolute Gasteiger partial charge is 0.453 e. The summed E-state index contributed by atoms with van der Waals surface area (Å²) in [5, 5.41) is 11.2. The summed E-state index contributed by atoms with van der Waals surface area (Å²) < 4.78 is 14.3. The normalized spacial score (nSPS) is 11.9. The molecule has 72 heavy (non-hydrogen) atoms. The molecule has 0 atom stereocenters. The molecule has 0 saturated carbocycles. The second-order valence-electron chi connectivity index (χ2n) is 18.8. The number of thiol groups is 2. The number of anilines is 6. The zero-order chi connectivity index (χ0) is 48.2. The topological polar surface area (TPSA) is 32.8 Å². The van der Waals surface area contributed by atoms with Crippen LogP contribution in [0.2, 0.25) is 0 Å². The number of hydrogen-bond donors (Lipinski definition) is 2. The number of rotatable bonds is 8. The number of aryl methyl sites for hydroxylation is 2. The molecule has 0 amide bonds. The number of para-hydroxylation sites is 4. The Kier molecular flexibility index (Phi) is 9.79. The van der Waals surface area contributed by atoms with Crippen LogP contribution in [0.15, 0.2) is 237 Å². The molecule has 0 N–H and O–H groups in total. The quantitative estimate of drug-likeness (QED) is 0.117.